The summed E-state index contributed by atoms with van der Waals surface area (Å²) in [5.74, 6) is 0. The van der Waals surface area contributed by atoms with Crippen LogP contribution in [0.5, 0.6) is 0 Å². The Bertz CT molecular complexity index is 240. The van der Waals surface area contributed by atoms with Gasteiger partial charge in [0.2, 0.25) is 0 Å². The van der Waals surface area contributed by atoms with E-state index in [2.05, 4.69) is 0 Å². The maximum absolute atomic E-state index is 12.2. The molecule has 1 aliphatic carbocycles. The molecule has 0 aromatic heterocycles. The van der Waals surface area contributed by atoms with E-state index >= 15 is 0 Å². The Morgan fingerprint density at radius 2 is 1.62 bits per heavy atom. The monoisotopic (exact) mass is 264 g/mol. The quantitative estimate of drug-likeness (QED) is 0.528. The number of hydrogen-bond acceptors (Lipinski definition) is 1. The van der Waals surface area contributed by atoms with Gasteiger partial charge in [0.25, 0.3) is 0 Å². The van der Waals surface area contributed by atoms with Crippen LogP contribution in [0.3, 0.4) is 0 Å². The summed E-state index contributed by atoms with van der Waals surface area (Å²) in [6.07, 6.45) is -5.70. The third kappa shape index (κ3) is 3.92. The van der Waals surface area contributed by atoms with Gasteiger partial charge in [-0.15, -0.1) is 11.8 Å². The average molecular weight is 264 g/mol. The van der Waals surface area contributed by atoms with Gasteiger partial charge in [-0.1, -0.05) is 12.2 Å². The van der Waals surface area contributed by atoms with Gasteiger partial charge in [-0.3, -0.25) is 0 Å². The zero-order chi connectivity index (χ0) is 12.4. The molecule has 0 aromatic carbocycles. The lowest BCUT2D eigenvalue weighted by Gasteiger charge is -2.26. The molecule has 0 fully saturated rings. The Hall–Kier alpha value is -0.330. The molecule has 1 atom stereocenters. The second kappa shape index (κ2) is 4.89. The highest BCUT2D eigenvalue weighted by Crippen LogP contribution is 2.44. The van der Waals surface area contributed by atoms with Gasteiger partial charge in [0.1, 0.15) is 0 Å². The topological polar surface area (TPSA) is 0 Å². The zero-order valence-corrected chi connectivity index (χ0v) is 8.92. The average Bonchev–Trinajstić information content (AvgIpc) is 2.12. The van der Waals surface area contributed by atoms with Crippen LogP contribution >= 0.6 is 11.8 Å². The molecule has 94 valence electrons. The highest BCUT2D eigenvalue weighted by atomic mass is 32.2. The van der Waals surface area contributed by atoms with Gasteiger partial charge in [-0.2, -0.15) is 26.3 Å². The summed E-state index contributed by atoms with van der Waals surface area (Å²) >= 11 is -0.0573. The highest BCUT2D eigenvalue weighted by molar-refractivity contribution is 8.00. The van der Waals surface area contributed by atoms with Gasteiger partial charge in [0, 0.05) is 5.25 Å². The van der Waals surface area contributed by atoms with Crippen LogP contribution in [0.15, 0.2) is 12.2 Å². The van der Waals surface area contributed by atoms with Crippen LogP contribution in [0.1, 0.15) is 19.3 Å². The fourth-order valence-corrected chi connectivity index (χ4v) is 2.57. The van der Waals surface area contributed by atoms with Crippen molar-refractivity contribution < 1.29 is 26.3 Å². The number of hydrogen-bond donors (Lipinski definition) is 0. The van der Waals surface area contributed by atoms with Crippen molar-refractivity contribution in [2.24, 2.45) is 0 Å². The van der Waals surface area contributed by atoms with Crippen LogP contribution in [-0.4, -0.2) is 22.9 Å². The normalized spacial score (nSPS) is 22.8. The second-order valence-corrected chi connectivity index (χ2v) is 4.85. The number of thioether (sulfide) groups is 1. The molecular formula is C9H10F6S. The van der Waals surface area contributed by atoms with E-state index in [0.717, 1.165) is 6.42 Å². The van der Waals surface area contributed by atoms with Crippen molar-refractivity contribution in [2.45, 2.75) is 42.1 Å². The van der Waals surface area contributed by atoms with Crippen LogP contribution < -0.4 is 0 Å². The van der Waals surface area contributed by atoms with E-state index in [9.17, 15) is 26.3 Å². The lowest BCUT2D eigenvalue weighted by atomic mass is 10.1. The molecule has 0 aromatic rings. The summed E-state index contributed by atoms with van der Waals surface area (Å²) in [6.45, 7) is 0. The largest absolute Gasteiger partial charge is 0.409 e. The lowest BCUT2D eigenvalue weighted by molar-refractivity contribution is -0.224. The van der Waals surface area contributed by atoms with Crippen molar-refractivity contribution in [2.75, 3.05) is 0 Å². The number of alkyl halides is 6. The molecule has 1 rings (SSSR count). The van der Waals surface area contributed by atoms with E-state index in [-0.39, 0.29) is 11.8 Å². The molecule has 0 amide bonds. The molecule has 0 spiro atoms. The van der Waals surface area contributed by atoms with Crippen LogP contribution in [0.25, 0.3) is 0 Å². The van der Waals surface area contributed by atoms with Gasteiger partial charge in [-0.25, -0.2) is 0 Å². The minimum Gasteiger partial charge on any atom is -0.169 e. The van der Waals surface area contributed by atoms with Gasteiger partial charge in [-0.05, 0) is 19.3 Å². The molecule has 7 heteroatoms. The fourth-order valence-electron chi connectivity index (χ4n) is 1.41. The van der Waals surface area contributed by atoms with E-state index in [1.165, 1.54) is 6.08 Å². The molecule has 0 nitrogen and oxygen atoms in total. The van der Waals surface area contributed by atoms with Crippen LogP contribution in [0.4, 0.5) is 26.3 Å². The maximum Gasteiger partial charge on any atom is 0.409 e. The smallest absolute Gasteiger partial charge is 0.169 e. The molecule has 1 aliphatic rings. The number of rotatable bonds is 2. The van der Waals surface area contributed by atoms with Crippen LogP contribution in [0.2, 0.25) is 0 Å². The Morgan fingerprint density at radius 1 is 1.06 bits per heavy atom. The molecule has 16 heavy (non-hydrogen) atoms. The minimum absolute atomic E-state index is 0.0573. The van der Waals surface area contributed by atoms with Crippen molar-refractivity contribution in [3.63, 3.8) is 0 Å². The van der Waals surface area contributed by atoms with Gasteiger partial charge >= 0.3 is 12.4 Å². The fraction of sp³-hybridized carbons (Fsp3) is 0.778. The van der Waals surface area contributed by atoms with Crippen molar-refractivity contribution in [1.82, 2.24) is 0 Å². The van der Waals surface area contributed by atoms with E-state index in [0.29, 0.717) is 12.8 Å². The first-order valence-corrected chi connectivity index (χ1v) is 5.61. The summed E-state index contributed by atoms with van der Waals surface area (Å²) < 4.78 is 73.2. The predicted octanol–water partition coefficient (Wildman–Crippen LogP) is 4.32. The second-order valence-electron chi connectivity index (χ2n) is 3.50. The third-order valence-corrected chi connectivity index (χ3v) is 3.66. The Balaban J connectivity index is 2.71. The van der Waals surface area contributed by atoms with Gasteiger partial charge < -0.3 is 0 Å². The first-order chi connectivity index (χ1) is 7.21. The van der Waals surface area contributed by atoms with E-state index < -0.39 is 22.9 Å². The Labute approximate surface area is 93.1 Å². The van der Waals surface area contributed by atoms with Crippen LogP contribution in [-0.2, 0) is 0 Å². The molecular weight excluding hydrogens is 254 g/mol. The lowest BCUT2D eigenvalue weighted by Crippen LogP contribution is -2.40. The molecule has 0 aliphatic heterocycles. The standard InChI is InChI=1S/C9H10F6S/c10-8(11,12)7(9(13,14)15)16-6-4-2-1-3-5-6/h2,4,6-7H,1,3,5H2. The molecule has 1 unspecified atom stereocenters. The highest BCUT2D eigenvalue weighted by Gasteiger charge is 2.57. The summed E-state index contributed by atoms with van der Waals surface area (Å²) in [5, 5.41) is -3.98. The molecule has 0 heterocycles. The maximum atomic E-state index is 12.2. The molecule has 0 N–H and O–H groups in total. The molecule has 0 radical (unpaired) electrons. The molecule has 0 saturated carbocycles. The first-order valence-electron chi connectivity index (χ1n) is 4.67. The van der Waals surface area contributed by atoms with E-state index in [4.69, 9.17) is 0 Å². The van der Waals surface area contributed by atoms with Crippen molar-refractivity contribution in [3.05, 3.63) is 12.2 Å². The van der Waals surface area contributed by atoms with Gasteiger partial charge in [0.05, 0.1) is 0 Å². The summed E-state index contributed by atoms with van der Waals surface area (Å²) in [5.41, 5.74) is 0. The van der Waals surface area contributed by atoms with Crippen LogP contribution in [0, 0.1) is 0 Å². The first kappa shape index (κ1) is 13.7. The summed E-state index contributed by atoms with van der Waals surface area (Å²) in [7, 11) is 0. The molecule has 0 saturated heterocycles. The number of halogens is 6. The summed E-state index contributed by atoms with van der Waals surface area (Å²) in [6, 6.07) is 0. The van der Waals surface area contributed by atoms with Gasteiger partial charge in [0.15, 0.2) is 5.25 Å². The van der Waals surface area contributed by atoms with Crippen molar-refractivity contribution >= 4 is 11.8 Å². The van der Waals surface area contributed by atoms with Crippen molar-refractivity contribution in [3.8, 4) is 0 Å². The SMILES string of the molecule is FC(F)(F)C(SC1C=CCCC1)C(F)(F)F. The van der Waals surface area contributed by atoms with E-state index in [1.54, 1.807) is 6.08 Å². The number of allylic oxidation sites excluding steroid dienone is 1. The van der Waals surface area contributed by atoms with E-state index in [1.807, 2.05) is 0 Å². The predicted molar refractivity (Wildman–Crippen MR) is 50.3 cm³/mol. The Morgan fingerprint density at radius 3 is 2.00 bits per heavy atom. The molecule has 0 bridgehead atoms. The van der Waals surface area contributed by atoms with Crippen molar-refractivity contribution in [1.29, 1.82) is 0 Å². The zero-order valence-electron chi connectivity index (χ0n) is 8.11. The minimum atomic E-state index is -5.24. The summed E-state index contributed by atoms with van der Waals surface area (Å²) in [4.78, 5) is 0. The Kier molecular flexibility index (Phi) is 4.20. The third-order valence-electron chi connectivity index (χ3n) is 2.12.